The van der Waals surface area contributed by atoms with Crippen molar-refractivity contribution in [3.05, 3.63) is 87.6 Å². The smallest absolute Gasteiger partial charge is 0.258 e. The Morgan fingerprint density at radius 1 is 1.15 bits per heavy atom. The number of benzene rings is 2. The number of allylic oxidation sites excluding steroid dienone is 2. The van der Waals surface area contributed by atoms with E-state index in [4.69, 9.17) is 23.2 Å². The van der Waals surface area contributed by atoms with Crippen LogP contribution in [0.5, 0.6) is 0 Å². The molecule has 1 unspecified atom stereocenters. The number of nitrogens with zero attached hydrogens (tertiary/aromatic N) is 2. The molecule has 138 valence electrons. The van der Waals surface area contributed by atoms with Crippen molar-refractivity contribution in [2.45, 2.75) is 19.4 Å². The van der Waals surface area contributed by atoms with Crippen LogP contribution in [-0.4, -0.2) is 23.9 Å². The van der Waals surface area contributed by atoms with E-state index in [0.717, 1.165) is 23.8 Å². The molecule has 3 nitrogen and oxygen atoms in total. The van der Waals surface area contributed by atoms with Gasteiger partial charge in [0.25, 0.3) is 5.91 Å². The van der Waals surface area contributed by atoms with Crippen LogP contribution in [0.1, 0.15) is 34.5 Å². The summed E-state index contributed by atoms with van der Waals surface area (Å²) in [5.41, 5.74) is 4.00. The molecule has 2 aliphatic rings. The van der Waals surface area contributed by atoms with E-state index in [1.165, 1.54) is 11.1 Å². The minimum Gasteiger partial charge on any atom is -0.352 e. The Morgan fingerprint density at radius 2 is 2.00 bits per heavy atom. The van der Waals surface area contributed by atoms with E-state index in [1.54, 1.807) is 18.2 Å². The van der Waals surface area contributed by atoms with Crippen molar-refractivity contribution in [1.82, 2.24) is 4.90 Å². The minimum atomic E-state index is -0.0100. The number of amides is 1. The average Bonchev–Trinajstić information content (AvgIpc) is 3.10. The first-order valence-electron chi connectivity index (χ1n) is 9.04. The van der Waals surface area contributed by atoms with E-state index >= 15 is 0 Å². The molecule has 27 heavy (non-hydrogen) atoms. The maximum atomic E-state index is 12.9. The molecular formula is C22H20Cl2N2O. The molecule has 0 aliphatic carbocycles. The second-order valence-corrected chi connectivity index (χ2v) is 7.67. The lowest BCUT2D eigenvalue weighted by molar-refractivity contribution is 0.0989. The summed E-state index contributed by atoms with van der Waals surface area (Å²) in [4.78, 5) is 16.9. The van der Waals surface area contributed by atoms with E-state index in [9.17, 15) is 4.79 Å². The van der Waals surface area contributed by atoms with Crippen molar-refractivity contribution in [1.29, 1.82) is 0 Å². The molecule has 4 rings (SSSR count). The van der Waals surface area contributed by atoms with Crippen LogP contribution in [0.25, 0.3) is 0 Å². The van der Waals surface area contributed by atoms with E-state index < -0.39 is 0 Å². The molecule has 2 heterocycles. The number of hydrogen-bond acceptors (Lipinski definition) is 2. The lowest BCUT2D eigenvalue weighted by Gasteiger charge is -2.31. The Balaban J connectivity index is 1.58. The van der Waals surface area contributed by atoms with Crippen molar-refractivity contribution in [2.24, 2.45) is 0 Å². The van der Waals surface area contributed by atoms with Gasteiger partial charge in [-0.1, -0.05) is 53.6 Å². The molecule has 0 fully saturated rings. The molecule has 2 aliphatic heterocycles. The van der Waals surface area contributed by atoms with Crippen LogP contribution in [0.4, 0.5) is 5.69 Å². The Labute approximate surface area is 169 Å². The number of fused-ring (bicyclic) bond motifs is 1. The standard InChI is InChI=1S/C22H20Cl2N2O/c1-15(25-11-3-2-7-21(25)24)16-8-9-20-17(13-16)10-12-26(20)22(27)18-5-4-6-19(23)14-18/h2-9,13-15H,10-12H2,1H3. The molecule has 2 aromatic carbocycles. The Morgan fingerprint density at radius 3 is 2.78 bits per heavy atom. The van der Waals surface area contributed by atoms with E-state index in [1.807, 2.05) is 29.2 Å². The fourth-order valence-corrected chi connectivity index (χ4v) is 4.18. The number of carbonyl (C=O) groups excluding carboxylic acids is 1. The van der Waals surface area contributed by atoms with Gasteiger partial charge in [0.15, 0.2) is 0 Å². The van der Waals surface area contributed by atoms with Crippen molar-refractivity contribution in [3.63, 3.8) is 0 Å². The topological polar surface area (TPSA) is 23.6 Å². The van der Waals surface area contributed by atoms with Gasteiger partial charge >= 0.3 is 0 Å². The van der Waals surface area contributed by atoms with Crippen LogP contribution < -0.4 is 4.90 Å². The molecule has 2 aromatic rings. The van der Waals surface area contributed by atoms with Crippen molar-refractivity contribution in [3.8, 4) is 0 Å². The van der Waals surface area contributed by atoms with Crippen LogP contribution in [0.2, 0.25) is 5.02 Å². The molecule has 0 spiro atoms. The zero-order valence-electron chi connectivity index (χ0n) is 15.0. The maximum Gasteiger partial charge on any atom is 0.258 e. The third-order valence-electron chi connectivity index (χ3n) is 5.21. The highest BCUT2D eigenvalue weighted by atomic mass is 35.5. The fourth-order valence-electron chi connectivity index (χ4n) is 3.70. The monoisotopic (exact) mass is 398 g/mol. The summed E-state index contributed by atoms with van der Waals surface area (Å²) >= 11 is 12.4. The SMILES string of the molecule is CC(c1ccc2c(c1)CCN2C(=O)c1cccc(Cl)c1)N1CC=CC=C1Cl. The van der Waals surface area contributed by atoms with Crippen molar-refractivity contribution < 1.29 is 4.79 Å². The third kappa shape index (κ3) is 3.50. The molecular weight excluding hydrogens is 379 g/mol. The first-order chi connectivity index (χ1) is 13.0. The molecule has 0 radical (unpaired) electrons. The van der Waals surface area contributed by atoms with Crippen LogP contribution in [0.3, 0.4) is 0 Å². The predicted molar refractivity (Wildman–Crippen MR) is 111 cm³/mol. The van der Waals surface area contributed by atoms with E-state index in [0.29, 0.717) is 17.1 Å². The van der Waals surface area contributed by atoms with Crippen molar-refractivity contribution in [2.75, 3.05) is 18.0 Å². The van der Waals surface area contributed by atoms with Crippen LogP contribution >= 0.6 is 23.2 Å². The Hall–Kier alpha value is -2.23. The zero-order valence-corrected chi connectivity index (χ0v) is 16.5. The van der Waals surface area contributed by atoms with Crippen LogP contribution in [-0.2, 0) is 6.42 Å². The summed E-state index contributed by atoms with van der Waals surface area (Å²) < 4.78 is 0. The molecule has 0 saturated heterocycles. The summed E-state index contributed by atoms with van der Waals surface area (Å²) in [5.74, 6) is -0.0100. The lowest BCUT2D eigenvalue weighted by atomic mass is 10.0. The number of halogens is 2. The van der Waals surface area contributed by atoms with Gasteiger partial charge in [-0.15, -0.1) is 0 Å². The van der Waals surface area contributed by atoms with Gasteiger partial charge in [0.1, 0.15) is 5.16 Å². The first-order valence-corrected chi connectivity index (χ1v) is 9.79. The van der Waals surface area contributed by atoms with Gasteiger partial charge < -0.3 is 9.80 Å². The van der Waals surface area contributed by atoms with Crippen molar-refractivity contribution >= 4 is 34.8 Å². The van der Waals surface area contributed by atoms with Crippen LogP contribution in [0.15, 0.2) is 65.8 Å². The molecule has 1 atom stereocenters. The quantitative estimate of drug-likeness (QED) is 0.632. The molecule has 0 saturated carbocycles. The molecule has 0 aromatic heterocycles. The third-order valence-corrected chi connectivity index (χ3v) is 5.79. The van der Waals surface area contributed by atoms with Crippen LogP contribution in [0, 0.1) is 0 Å². The highest BCUT2D eigenvalue weighted by molar-refractivity contribution is 6.31. The summed E-state index contributed by atoms with van der Waals surface area (Å²) in [6.07, 6.45) is 6.85. The van der Waals surface area contributed by atoms with Gasteiger partial charge in [0.2, 0.25) is 0 Å². The van der Waals surface area contributed by atoms with Gasteiger partial charge in [0.05, 0.1) is 6.04 Å². The number of rotatable bonds is 3. The number of carbonyl (C=O) groups is 1. The Bertz CT molecular complexity index is 951. The highest BCUT2D eigenvalue weighted by Crippen LogP contribution is 2.34. The minimum absolute atomic E-state index is 0.0100. The van der Waals surface area contributed by atoms with Gasteiger partial charge in [-0.05, 0) is 54.8 Å². The zero-order chi connectivity index (χ0) is 19.0. The predicted octanol–water partition coefficient (Wildman–Crippen LogP) is 5.56. The van der Waals surface area contributed by atoms with Gasteiger partial charge in [-0.2, -0.15) is 0 Å². The highest BCUT2D eigenvalue weighted by Gasteiger charge is 2.27. The second-order valence-electron chi connectivity index (χ2n) is 6.85. The summed E-state index contributed by atoms with van der Waals surface area (Å²) in [6.45, 7) is 3.64. The lowest BCUT2D eigenvalue weighted by Crippen LogP contribution is -2.29. The summed E-state index contributed by atoms with van der Waals surface area (Å²) in [5, 5.41) is 1.33. The average molecular weight is 399 g/mol. The molecule has 5 heteroatoms. The van der Waals surface area contributed by atoms with Gasteiger partial charge in [-0.25, -0.2) is 0 Å². The molecule has 0 N–H and O–H groups in total. The normalized spacial score (nSPS) is 16.9. The van der Waals surface area contributed by atoms with E-state index in [-0.39, 0.29) is 11.9 Å². The summed E-state index contributed by atoms with van der Waals surface area (Å²) in [7, 11) is 0. The fraction of sp³-hybridized carbons (Fsp3) is 0.227. The molecule has 0 bridgehead atoms. The number of anilines is 1. The largest absolute Gasteiger partial charge is 0.352 e. The van der Waals surface area contributed by atoms with Gasteiger partial charge in [0, 0.05) is 29.4 Å². The molecule has 1 amide bonds. The maximum absolute atomic E-state index is 12.9. The van der Waals surface area contributed by atoms with E-state index in [2.05, 4.69) is 30.0 Å². The first kappa shape index (κ1) is 18.1. The summed E-state index contributed by atoms with van der Waals surface area (Å²) in [6, 6.07) is 13.6. The second kappa shape index (κ2) is 7.41. The van der Waals surface area contributed by atoms with Gasteiger partial charge in [-0.3, -0.25) is 4.79 Å². The Kier molecular flexibility index (Phi) is 4.98. The number of hydrogen-bond donors (Lipinski definition) is 0.